The third-order valence-corrected chi connectivity index (χ3v) is 4.61. The maximum Gasteiger partial charge on any atom is 0.306 e. The van der Waals surface area contributed by atoms with Gasteiger partial charge in [-0.2, -0.15) is 0 Å². The molecule has 0 saturated carbocycles. The second kappa shape index (κ2) is 9.87. The van der Waals surface area contributed by atoms with E-state index in [-0.39, 0.29) is 18.7 Å². The number of esters is 1. The molecule has 0 radical (unpaired) electrons. The van der Waals surface area contributed by atoms with Crippen LogP contribution in [0.25, 0.3) is 0 Å². The maximum atomic E-state index is 12.0. The van der Waals surface area contributed by atoms with Gasteiger partial charge in [0.05, 0.1) is 6.42 Å². The number of carbonyl (C=O) groups excluding carboxylic acids is 3. The normalized spacial score (nSPS) is 10.2. The Kier molecular flexibility index (Phi) is 7.55. The van der Waals surface area contributed by atoms with Crippen molar-refractivity contribution in [3.8, 4) is 0 Å². The second-order valence-electron chi connectivity index (χ2n) is 6.04. The van der Waals surface area contributed by atoms with Crippen molar-refractivity contribution in [3.63, 3.8) is 0 Å². The Balaban J connectivity index is 1.72. The molecule has 0 aliphatic rings. The molecule has 0 fully saturated rings. The number of hydrogen-bond donors (Lipinski definition) is 2. The molecule has 0 heterocycles. The molecule has 2 aromatic carbocycles. The monoisotopic (exact) mass is 432 g/mol. The van der Waals surface area contributed by atoms with Crippen LogP contribution >= 0.6 is 15.9 Å². The lowest BCUT2D eigenvalue weighted by Crippen LogP contribution is -2.22. The molecule has 0 aliphatic heterocycles. The zero-order valence-corrected chi connectivity index (χ0v) is 16.8. The van der Waals surface area contributed by atoms with E-state index < -0.39 is 18.5 Å². The van der Waals surface area contributed by atoms with Gasteiger partial charge in [0.1, 0.15) is 0 Å². The predicted octanol–water partition coefficient (Wildman–Crippen LogP) is 3.97. The maximum absolute atomic E-state index is 12.0. The van der Waals surface area contributed by atoms with Crippen molar-refractivity contribution in [1.29, 1.82) is 0 Å². The molecule has 0 saturated heterocycles. The van der Waals surface area contributed by atoms with Gasteiger partial charge >= 0.3 is 5.97 Å². The molecule has 0 aliphatic carbocycles. The molecule has 142 valence electrons. The zero-order chi connectivity index (χ0) is 19.8. The lowest BCUT2D eigenvalue weighted by Gasteiger charge is -2.11. The SMILES string of the molecule is Cc1cc(NC(=O)COC(=O)CCC(=O)Nc2ccccc2)c(C)cc1Br. The van der Waals surface area contributed by atoms with Crippen molar-refractivity contribution in [2.75, 3.05) is 17.2 Å². The number of carbonyl (C=O) groups is 3. The number of nitrogens with one attached hydrogen (secondary N) is 2. The van der Waals surface area contributed by atoms with Crippen LogP contribution in [0.5, 0.6) is 0 Å². The molecule has 2 rings (SSSR count). The summed E-state index contributed by atoms with van der Waals surface area (Å²) in [6.07, 6.45) is -0.108. The molecule has 2 aromatic rings. The smallest absolute Gasteiger partial charge is 0.306 e. The third kappa shape index (κ3) is 6.86. The van der Waals surface area contributed by atoms with Gasteiger partial charge in [-0.1, -0.05) is 34.1 Å². The average Bonchev–Trinajstić information content (AvgIpc) is 2.63. The van der Waals surface area contributed by atoms with Crippen LogP contribution in [0.1, 0.15) is 24.0 Å². The van der Waals surface area contributed by atoms with E-state index in [2.05, 4.69) is 26.6 Å². The van der Waals surface area contributed by atoms with E-state index in [4.69, 9.17) is 4.74 Å². The number of aryl methyl sites for hydroxylation is 2. The largest absolute Gasteiger partial charge is 0.456 e. The first-order valence-corrected chi connectivity index (χ1v) is 9.21. The van der Waals surface area contributed by atoms with E-state index in [0.29, 0.717) is 11.4 Å². The number of hydrogen-bond acceptors (Lipinski definition) is 4. The van der Waals surface area contributed by atoms with Crippen molar-refractivity contribution < 1.29 is 19.1 Å². The number of para-hydroxylation sites is 1. The Morgan fingerprint density at radius 3 is 2.33 bits per heavy atom. The van der Waals surface area contributed by atoms with E-state index in [1.165, 1.54) is 0 Å². The Bertz CT molecular complexity index is 837. The number of halogens is 1. The van der Waals surface area contributed by atoms with Gasteiger partial charge in [-0.15, -0.1) is 0 Å². The Hall–Kier alpha value is -2.67. The summed E-state index contributed by atoms with van der Waals surface area (Å²) < 4.78 is 5.89. The molecular weight excluding hydrogens is 412 g/mol. The highest BCUT2D eigenvalue weighted by Gasteiger charge is 2.12. The molecule has 7 heteroatoms. The number of rotatable bonds is 7. The fourth-order valence-corrected chi connectivity index (χ4v) is 2.74. The lowest BCUT2D eigenvalue weighted by molar-refractivity contribution is -0.147. The Morgan fingerprint density at radius 1 is 0.926 bits per heavy atom. The first-order valence-electron chi connectivity index (χ1n) is 8.42. The first kappa shape index (κ1) is 20.6. The molecule has 0 aromatic heterocycles. The number of benzene rings is 2. The Morgan fingerprint density at radius 2 is 1.63 bits per heavy atom. The van der Waals surface area contributed by atoms with Gasteiger partial charge in [0, 0.05) is 22.3 Å². The molecule has 0 atom stereocenters. The van der Waals surface area contributed by atoms with Gasteiger partial charge in [-0.3, -0.25) is 14.4 Å². The second-order valence-corrected chi connectivity index (χ2v) is 6.89. The predicted molar refractivity (Wildman–Crippen MR) is 108 cm³/mol. The van der Waals surface area contributed by atoms with Gasteiger partial charge in [0.15, 0.2) is 6.61 Å². The van der Waals surface area contributed by atoms with Crippen molar-refractivity contribution in [1.82, 2.24) is 0 Å². The van der Waals surface area contributed by atoms with Crippen LogP contribution in [0.2, 0.25) is 0 Å². The minimum absolute atomic E-state index is 0.0135. The zero-order valence-electron chi connectivity index (χ0n) is 15.2. The molecule has 0 bridgehead atoms. The highest BCUT2D eigenvalue weighted by Crippen LogP contribution is 2.24. The fourth-order valence-electron chi connectivity index (χ4n) is 2.28. The van der Waals surface area contributed by atoms with E-state index in [1.807, 2.05) is 32.0 Å². The number of anilines is 2. The third-order valence-electron chi connectivity index (χ3n) is 3.76. The minimum atomic E-state index is -0.600. The van der Waals surface area contributed by atoms with Crippen LogP contribution in [-0.4, -0.2) is 24.4 Å². The van der Waals surface area contributed by atoms with Gasteiger partial charge < -0.3 is 15.4 Å². The van der Waals surface area contributed by atoms with Crippen molar-refractivity contribution in [3.05, 3.63) is 58.1 Å². The van der Waals surface area contributed by atoms with E-state index in [0.717, 1.165) is 15.6 Å². The standard InChI is InChI=1S/C20H21BrN2O4/c1-13-11-17(14(2)10-16(13)21)23-19(25)12-27-20(26)9-8-18(24)22-15-6-4-3-5-7-15/h3-7,10-11H,8-9,12H2,1-2H3,(H,22,24)(H,23,25). The lowest BCUT2D eigenvalue weighted by atomic mass is 10.1. The Labute approximate surface area is 166 Å². The van der Waals surface area contributed by atoms with Crippen LogP contribution in [-0.2, 0) is 19.1 Å². The molecule has 2 amide bonds. The summed E-state index contributed by atoms with van der Waals surface area (Å²) in [7, 11) is 0. The van der Waals surface area contributed by atoms with Crippen LogP contribution in [0.15, 0.2) is 46.9 Å². The van der Waals surface area contributed by atoms with Crippen molar-refractivity contribution in [2.24, 2.45) is 0 Å². The van der Waals surface area contributed by atoms with Gasteiger partial charge in [-0.05, 0) is 49.2 Å². The van der Waals surface area contributed by atoms with Crippen LogP contribution in [0, 0.1) is 13.8 Å². The molecule has 0 unspecified atom stereocenters. The van der Waals surface area contributed by atoms with Crippen LogP contribution in [0.4, 0.5) is 11.4 Å². The van der Waals surface area contributed by atoms with Crippen LogP contribution < -0.4 is 10.6 Å². The quantitative estimate of drug-likeness (QED) is 0.648. The van der Waals surface area contributed by atoms with E-state index in [1.54, 1.807) is 24.3 Å². The van der Waals surface area contributed by atoms with Gasteiger partial charge in [0.25, 0.3) is 5.91 Å². The van der Waals surface area contributed by atoms with E-state index >= 15 is 0 Å². The molecule has 6 nitrogen and oxygen atoms in total. The fraction of sp³-hybridized carbons (Fsp3) is 0.250. The summed E-state index contributed by atoms with van der Waals surface area (Å²) in [5.74, 6) is -1.32. The van der Waals surface area contributed by atoms with E-state index in [9.17, 15) is 14.4 Å². The summed E-state index contributed by atoms with van der Waals surface area (Å²) in [5, 5.41) is 5.40. The van der Waals surface area contributed by atoms with Crippen LogP contribution in [0.3, 0.4) is 0 Å². The van der Waals surface area contributed by atoms with Crippen molar-refractivity contribution >= 4 is 45.1 Å². The highest BCUT2D eigenvalue weighted by atomic mass is 79.9. The molecule has 0 spiro atoms. The summed E-state index contributed by atoms with van der Waals surface area (Å²) in [5.41, 5.74) is 3.21. The average molecular weight is 433 g/mol. The number of amides is 2. The molecule has 2 N–H and O–H groups in total. The summed E-state index contributed by atoms with van der Waals surface area (Å²) in [6.45, 7) is 3.39. The highest BCUT2D eigenvalue weighted by molar-refractivity contribution is 9.10. The van der Waals surface area contributed by atoms with Gasteiger partial charge in [0.2, 0.25) is 5.91 Å². The topological polar surface area (TPSA) is 84.5 Å². The first-order chi connectivity index (χ1) is 12.8. The summed E-state index contributed by atoms with van der Waals surface area (Å²) >= 11 is 3.43. The van der Waals surface area contributed by atoms with Crippen molar-refractivity contribution in [2.45, 2.75) is 26.7 Å². The molecule has 27 heavy (non-hydrogen) atoms. The summed E-state index contributed by atoms with van der Waals surface area (Å²) in [4.78, 5) is 35.5. The summed E-state index contributed by atoms with van der Waals surface area (Å²) in [6, 6.07) is 12.7. The minimum Gasteiger partial charge on any atom is -0.456 e. The number of ether oxygens (including phenoxy) is 1. The van der Waals surface area contributed by atoms with Gasteiger partial charge in [-0.25, -0.2) is 0 Å². The molecular formula is C20H21BrN2O4.